The van der Waals surface area contributed by atoms with Crippen molar-refractivity contribution in [3.63, 3.8) is 0 Å². The molecule has 1 spiro atoms. The van der Waals surface area contributed by atoms with E-state index in [1.807, 2.05) is 13.1 Å². The number of carbonyl (C=O) groups excluding carboxylic acids is 3. The summed E-state index contributed by atoms with van der Waals surface area (Å²) in [6.45, 7) is 1.82. The summed E-state index contributed by atoms with van der Waals surface area (Å²) < 4.78 is 17.6. The molecule has 10 nitrogen and oxygen atoms in total. The highest BCUT2D eigenvalue weighted by atomic mass is 16.6. The summed E-state index contributed by atoms with van der Waals surface area (Å²) in [6.07, 6.45) is -1.58. The van der Waals surface area contributed by atoms with Crippen LogP contribution in [0.15, 0.2) is 54.3 Å². The molecule has 2 heterocycles. The van der Waals surface area contributed by atoms with Crippen LogP contribution in [0.2, 0.25) is 0 Å². The van der Waals surface area contributed by atoms with Gasteiger partial charge in [0.25, 0.3) is 0 Å². The van der Waals surface area contributed by atoms with E-state index < -0.39 is 53.5 Å². The first-order valence-corrected chi connectivity index (χ1v) is 13.4. The maximum absolute atomic E-state index is 13.6. The third kappa shape index (κ3) is 3.77. The maximum atomic E-state index is 13.6. The van der Waals surface area contributed by atoms with Gasteiger partial charge in [0.05, 0.1) is 17.4 Å². The number of carbonyl (C=O) groups is 3. The number of ether oxygens (including phenoxy) is 3. The third-order valence-electron chi connectivity index (χ3n) is 8.97. The fraction of sp³-hybridized carbons (Fsp3) is 0.433. The van der Waals surface area contributed by atoms with E-state index in [1.54, 1.807) is 42.5 Å². The molecule has 2 aliphatic heterocycles. The van der Waals surface area contributed by atoms with E-state index in [0.717, 1.165) is 18.1 Å². The summed E-state index contributed by atoms with van der Waals surface area (Å²) in [6, 6.07) is 11.5. The number of aromatic hydroxyl groups is 1. The minimum atomic E-state index is -1.55. The van der Waals surface area contributed by atoms with Gasteiger partial charge >= 0.3 is 11.9 Å². The Morgan fingerprint density at radius 1 is 1.18 bits per heavy atom. The van der Waals surface area contributed by atoms with Crippen LogP contribution in [-0.4, -0.2) is 75.4 Å². The number of hydrogen-bond acceptors (Lipinski definition) is 10. The smallest absolute Gasteiger partial charge is 0.357 e. The Kier molecular flexibility index (Phi) is 6.25. The van der Waals surface area contributed by atoms with E-state index in [9.17, 15) is 29.7 Å². The summed E-state index contributed by atoms with van der Waals surface area (Å²) in [5, 5.41) is 32.8. The number of aliphatic hydroxyl groups is 2. The highest BCUT2D eigenvalue weighted by Crippen LogP contribution is 2.65. The average molecular weight is 550 g/mol. The highest BCUT2D eigenvalue weighted by Gasteiger charge is 2.72. The van der Waals surface area contributed by atoms with Crippen molar-refractivity contribution in [3.8, 4) is 11.5 Å². The molecule has 40 heavy (non-hydrogen) atoms. The largest absolute Gasteiger partial charge is 0.504 e. The van der Waals surface area contributed by atoms with E-state index in [-0.39, 0.29) is 29.7 Å². The number of aliphatic hydroxyl groups excluding tert-OH is 1. The molecule has 1 saturated heterocycles. The van der Waals surface area contributed by atoms with E-state index >= 15 is 0 Å². The van der Waals surface area contributed by atoms with E-state index in [4.69, 9.17) is 14.2 Å². The van der Waals surface area contributed by atoms with E-state index in [2.05, 4.69) is 4.90 Å². The summed E-state index contributed by atoms with van der Waals surface area (Å²) in [7, 11) is 1.98. The van der Waals surface area contributed by atoms with Crippen molar-refractivity contribution in [1.82, 2.24) is 4.90 Å². The van der Waals surface area contributed by atoms with Crippen LogP contribution in [0.4, 0.5) is 0 Å². The molecular weight excluding hydrogens is 518 g/mol. The number of hydrogen-bond donors (Lipinski definition) is 3. The Hall–Kier alpha value is -3.73. The highest BCUT2D eigenvalue weighted by molar-refractivity contribution is 5.87. The Morgan fingerprint density at radius 3 is 2.65 bits per heavy atom. The van der Waals surface area contributed by atoms with Gasteiger partial charge in [0, 0.05) is 23.6 Å². The van der Waals surface area contributed by atoms with Crippen molar-refractivity contribution < 1.29 is 43.9 Å². The fourth-order valence-electron chi connectivity index (χ4n) is 6.97. The molecule has 6 atom stereocenters. The second-order valence-corrected chi connectivity index (χ2v) is 11.1. The number of likely N-dealkylation sites (N-methyl/N-ethyl adjacent to an activating group) is 1. The molecule has 2 aromatic rings. The monoisotopic (exact) mass is 549 g/mol. The zero-order chi connectivity index (χ0) is 28.4. The first kappa shape index (κ1) is 26.5. The lowest BCUT2D eigenvalue weighted by molar-refractivity contribution is -0.177. The van der Waals surface area contributed by atoms with Gasteiger partial charge in [0.1, 0.15) is 11.9 Å². The molecule has 4 aliphatic rings. The Morgan fingerprint density at radius 2 is 1.93 bits per heavy atom. The van der Waals surface area contributed by atoms with E-state index in [1.165, 1.54) is 0 Å². The summed E-state index contributed by atoms with van der Waals surface area (Å²) >= 11 is 0. The summed E-state index contributed by atoms with van der Waals surface area (Å²) in [5.74, 6) is -2.02. The van der Waals surface area contributed by atoms with Crippen molar-refractivity contribution >= 4 is 17.7 Å². The van der Waals surface area contributed by atoms with Crippen molar-refractivity contribution in [2.24, 2.45) is 0 Å². The molecule has 2 bridgehead atoms. The van der Waals surface area contributed by atoms with Crippen molar-refractivity contribution in [2.75, 3.05) is 13.6 Å². The van der Waals surface area contributed by atoms with Gasteiger partial charge < -0.3 is 34.4 Å². The number of Topliss-reactive ketones (excluding diaryl/α,β-unsaturated/α-hetero) is 1. The quantitative estimate of drug-likeness (QED) is 0.438. The molecule has 3 N–H and O–H groups in total. The van der Waals surface area contributed by atoms with Gasteiger partial charge in [-0.2, -0.15) is 0 Å². The van der Waals surface area contributed by atoms with Gasteiger partial charge in [0.15, 0.2) is 23.4 Å². The van der Waals surface area contributed by atoms with Crippen LogP contribution in [0.1, 0.15) is 49.0 Å². The number of phenolic OH excluding ortho intramolecular Hbond substituents is 1. The van der Waals surface area contributed by atoms with Crippen LogP contribution in [0.3, 0.4) is 0 Å². The van der Waals surface area contributed by atoms with E-state index in [0.29, 0.717) is 24.9 Å². The third-order valence-corrected chi connectivity index (χ3v) is 8.97. The molecular formula is C30H31NO9. The van der Waals surface area contributed by atoms with Gasteiger partial charge in [0.2, 0.25) is 6.10 Å². The van der Waals surface area contributed by atoms with Crippen LogP contribution in [0.25, 0.3) is 0 Å². The van der Waals surface area contributed by atoms with Crippen LogP contribution >= 0.6 is 0 Å². The maximum Gasteiger partial charge on any atom is 0.357 e. The van der Waals surface area contributed by atoms with Gasteiger partial charge in [-0.25, -0.2) is 4.79 Å². The standard InChI is InChI=1S/C30H31NO9/c1-16(32)20(34)15-23(35)39-25(17-6-4-3-5-7-17)28(36)38-21-10-11-30(37)22-14-18-8-9-19(33)26-24(18)29(30,27(21)40-26)12-13-31(22)2/h3-10,20,22,25,27,33-34,37H,11-15H2,1-2H3/t20-,22+,25-,27-,29-,30+/m0/s1. The lowest BCUT2D eigenvalue weighted by atomic mass is 9.50. The fourth-order valence-corrected chi connectivity index (χ4v) is 6.97. The Labute approximate surface area is 230 Å². The summed E-state index contributed by atoms with van der Waals surface area (Å²) in [4.78, 5) is 39.7. The average Bonchev–Trinajstić information content (AvgIpc) is 3.29. The van der Waals surface area contributed by atoms with Gasteiger partial charge in [-0.3, -0.25) is 9.59 Å². The second kappa shape index (κ2) is 9.43. The van der Waals surface area contributed by atoms with Crippen LogP contribution < -0.4 is 4.74 Å². The van der Waals surface area contributed by atoms with Gasteiger partial charge in [-0.1, -0.05) is 36.4 Å². The van der Waals surface area contributed by atoms with Crippen molar-refractivity contribution in [2.45, 2.75) is 68.0 Å². The second-order valence-electron chi connectivity index (χ2n) is 11.1. The number of phenols is 1. The Bertz CT molecular complexity index is 1420. The SMILES string of the molecule is CC(=O)[C@@H](O)CC(=O)O[C@H](C(=O)OC1=CC[C@@]2(O)[C@H]3Cc4ccc(O)c5c4[C@@]2(CCN3C)[C@H]1O5)c1ccccc1. The van der Waals surface area contributed by atoms with Crippen molar-refractivity contribution in [3.05, 3.63) is 71.0 Å². The molecule has 0 amide bonds. The predicted octanol–water partition coefficient (Wildman–Crippen LogP) is 1.84. The molecule has 0 unspecified atom stereocenters. The molecule has 1 fully saturated rings. The minimum absolute atomic E-state index is 0.0481. The number of likely N-dealkylation sites (tertiary alicyclic amines) is 1. The van der Waals surface area contributed by atoms with Crippen molar-refractivity contribution in [1.29, 1.82) is 0 Å². The number of nitrogens with zero attached hydrogens (tertiary/aromatic N) is 1. The van der Waals surface area contributed by atoms with Gasteiger partial charge in [-0.05, 0) is 51.1 Å². The predicted molar refractivity (Wildman–Crippen MR) is 139 cm³/mol. The number of piperidine rings is 1. The molecule has 0 saturated carbocycles. The van der Waals surface area contributed by atoms with Crippen LogP contribution in [0.5, 0.6) is 11.5 Å². The lowest BCUT2D eigenvalue weighted by Gasteiger charge is -2.61. The molecule has 10 heteroatoms. The molecule has 0 radical (unpaired) electrons. The number of esters is 2. The van der Waals surface area contributed by atoms with Crippen LogP contribution in [0, 0.1) is 0 Å². The topological polar surface area (TPSA) is 143 Å². The van der Waals surface area contributed by atoms with Gasteiger partial charge in [-0.15, -0.1) is 0 Å². The lowest BCUT2D eigenvalue weighted by Crippen LogP contribution is -2.74. The zero-order valence-electron chi connectivity index (χ0n) is 22.2. The van der Waals surface area contributed by atoms with Crippen LogP contribution in [-0.2, 0) is 35.7 Å². The molecule has 2 aromatic carbocycles. The Balaban J connectivity index is 1.34. The molecule has 210 valence electrons. The first-order valence-electron chi connectivity index (χ1n) is 13.4. The summed E-state index contributed by atoms with van der Waals surface area (Å²) in [5.41, 5.74) is -0.0853. The number of benzene rings is 2. The number of ketones is 1. The molecule has 2 aliphatic carbocycles. The zero-order valence-corrected chi connectivity index (χ0v) is 22.2. The minimum Gasteiger partial charge on any atom is -0.504 e. The molecule has 6 rings (SSSR count). The normalized spacial score (nSPS) is 29.4. The first-order chi connectivity index (χ1) is 19.1. The molecule has 0 aromatic heterocycles. The number of rotatable bonds is 7.